The Balaban J connectivity index is 1.32. The summed E-state index contributed by atoms with van der Waals surface area (Å²) in [5.74, 6) is 1.45. The number of ether oxygens (including phenoxy) is 2. The van der Waals surface area contributed by atoms with Gasteiger partial charge in [-0.3, -0.25) is 9.59 Å². The first-order valence-electron chi connectivity index (χ1n) is 10.7. The van der Waals surface area contributed by atoms with Crippen LogP contribution in [0.25, 0.3) is 0 Å². The van der Waals surface area contributed by atoms with Crippen molar-refractivity contribution < 1.29 is 24.2 Å². The number of phenols is 1. The predicted molar refractivity (Wildman–Crippen MR) is 117 cm³/mol. The standard InChI is InChI=1S/C24H30N2O5/c1-18(31-22-11-9-20(27)10-12-22)24(29)26-15-13-19(14-16-26)25-23(28)8-5-17-30-21-6-3-2-4-7-21/h2-4,6-7,9-12,18-19,27H,5,8,13-17H2,1H3,(H,25,28). The highest BCUT2D eigenvalue weighted by molar-refractivity contribution is 5.81. The van der Waals surface area contributed by atoms with Crippen LogP contribution in [0.4, 0.5) is 0 Å². The first-order valence-corrected chi connectivity index (χ1v) is 10.7. The second-order valence-corrected chi connectivity index (χ2v) is 7.69. The minimum Gasteiger partial charge on any atom is -0.508 e. The third-order valence-corrected chi connectivity index (χ3v) is 5.23. The number of aromatic hydroxyl groups is 1. The first-order chi connectivity index (χ1) is 15.0. The van der Waals surface area contributed by atoms with Gasteiger partial charge in [-0.1, -0.05) is 18.2 Å². The van der Waals surface area contributed by atoms with Crippen molar-refractivity contribution in [3.63, 3.8) is 0 Å². The monoisotopic (exact) mass is 426 g/mol. The number of hydrogen-bond acceptors (Lipinski definition) is 5. The van der Waals surface area contributed by atoms with Crippen molar-refractivity contribution in [2.75, 3.05) is 19.7 Å². The molecule has 1 aliphatic heterocycles. The van der Waals surface area contributed by atoms with Crippen molar-refractivity contribution in [1.29, 1.82) is 0 Å². The number of amides is 2. The maximum absolute atomic E-state index is 12.6. The first kappa shape index (κ1) is 22.5. The number of carbonyl (C=O) groups is 2. The van der Waals surface area contributed by atoms with Crippen molar-refractivity contribution in [1.82, 2.24) is 10.2 Å². The van der Waals surface area contributed by atoms with Gasteiger partial charge in [0.1, 0.15) is 17.2 Å². The molecule has 7 heteroatoms. The van der Waals surface area contributed by atoms with Crippen LogP contribution in [-0.2, 0) is 9.59 Å². The topological polar surface area (TPSA) is 88.1 Å². The van der Waals surface area contributed by atoms with E-state index in [1.54, 1.807) is 24.0 Å². The van der Waals surface area contributed by atoms with Crippen molar-refractivity contribution in [3.05, 3.63) is 54.6 Å². The zero-order valence-corrected chi connectivity index (χ0v) is 17.8. The Morgan fingerprint density at radius 1 is 1.06 bits per heavy atom. The Hall–Kier alpha value is -3.22. The van der Waals surface area contributed by atoms with Gasteiger partial charge in [0.2, 0.25) is 5.91 Å². The van der Waals surface area contributed by atoms with Gasteiger partial charge < -0.3 is 24.8 Å². The van der Waals surface area contributed by atoms with Crippen LogP contribution < -0.4 is 14.8 Å². The van der Waals surface area contributed by atoms with Crippen LogP contribution in [0.2, 0.25) is 0 Å². The number of rotatable bonds is 9. The Morgan fingerprint density at radius 3 is 2.42 bits per heavy atom. The summed E-state index contributed by atoms with van der Waals surface area (Å²) in [5, 5.41) is 12.4. The molecule has 0 radical (unpaired) electrons. The maximum Gasteiger partial charge on any atom is 0.263 e. The molecular weight excluding hydrogens is 396 g/mol. The van der Waals surface area contributed by atoms with Crippen molar-refractivity contribution in [2.45, 2.75) is 44.8 Å². The van der Waals surface area contributed by atoms with Gasteiger partial charge in [-0.05, 0) is 62.6 Å². The number of carbonyl (C=O) groups excluding carboxylic acids is 2. The molecule has 166 valence electrons. The third-order valence-electron chi connectivity index (χ3n) is 5.23. The van der Waals surface area contributed by atoms with Gasteiger partial charge in [-0.2, -0.15) is 0 Å². The highest BCUT2D eigenvalue weighted by Gasteiger charge is 2.27. The zero-order valence-electron chi connectivity index (χ0n) is 17.8. The summed E-state index contributed by atoms with van der Waals surface area (Å²) in [4.78, 5) is 26.6. The quantitative estimate of drug-likeness (QED) is 0.602. The van der Waals surface area contributed by atoms with Crippen LogP contribution in [0, 0.1) is 0 Å². The highest BCUT2D eigenvalue weighted by atomic mass is 16.5. The number of benzene rings is 2. The molecule has 2 aromatic carbocycles. The Kier molecular flexibility index (Phi) is 8.15. The van der Waals surface area contributed by atoms with Gasteiger partial charge in [0.05, 0.1) is 6.61 Å². The lowest BCUT2D eigenvalue weighted by Crippen LogP contribution is -2.49. The fraction of sp³-hybridized carbons (Fsp3) is 0.417. The van der Waals surface area contributed by atoms with Gasteiger partial charge in [0, 0.05) is 25.6 Å². The lowest BCUT2D eigenvalue weighted by atomic mass is 10.0. The van der Waals surface area contributed by atoms with E-state index in [0.29, 0.717) is 38.3 Å². The van der Waals surface area contributed by atoms with Gasteiger partial charge in [0.15, 0.2) is 6.10 Å². The fourth-order valence-electron chi connectivity index (χ4n) is 3.52. The van der Waals surface area contributed by atoms with E-state index in [0.717, 1.165) is 18.6 Å². The highest BCUT2D eigenvalue weighted by Crippen LogP contribution is 2.19. The molecular formula is C24H30N2O5. The van der Waals surface area contributed by atoms with E-state index in [4.69, 9.17) is 9.47 Å². The normalized spacial score (nSPS) is 15.2. The lowest BCUT2D eigenvalue weighted by molar-refractivity contribution is -0.139. The van der Waals surface area contributed by atoms with Gasteiger partial charge >= 0.3 is 0 Å². The molecule has 1 heterocycles. The summed E-state index contributed by atoms with van der Waals surface area (Å²) in [7, 11) is 0. The summed E-state index contributed by atoms with van der Waals surface area (Å²) < 4.78 is 11.3. The van der Waals surface area contributed by atoms with Crippen molar-refractivity contribution in [3.8, 4) is 17.2 Å². The van der Waals surface area contributed by atoms with E-state index in [9.17, 15) is 14.7 Å². The van der Waals surface area contributed by atoms with E-state index in [1.165, 1.54) is 12.1 Å². The second-order valence-electron chi connectivity index (χ2n) is 7.69. The van der Waals surface area contributed by atoms with Gasteiger partial charge in [-0.15, -0.1) is 0 Å². The molecule has 2 amide bonds. The summed E-state index contributed by atoms with van der Waals surface area (Å²) in [6.45, 7) is 3.40. The average molecular weight is 427 g/mol. The SMILES string of the molecule is CC(Oc1ccc(O)cc1)C(=O)N1CCC(NC(=O)CCCOc2ccccc2)CC1. The van der Waals surface area contributed by atoms with Crippen LogP contribution in [-0.4, -0.2) is 53.7 Å². The molecule has 2 aromatic rings. The number of piperidine rings is 1. The zero-order chi connectivity index (χ0) is 22.1. The lowest BCUT2D eigenvalue weighted by Gasteiger charge is -2.33. The summed E-state index contributed by atoms with van der Waals surface area (Å²) in [6.07, 6.45) is 1.92. The van der Waals surface area contributed by atoms with Crippen LogP contribution in [0.3, 0.4) is 0 Å². The number of nitrogens with zero attached hydrogens (tertiary/aromatic N) is 1. The Morgan fingerprint density at radius 2 is 1.74 bits per heavy atom. The van der Waals surface area contributed by atoms with E-state index >= 15 is 0 Å². The molecule has 3 rings (SSSR count). The molecule has 1 unspecified atom stereocenters. The van der Waals surface area contributed by atoms with Gasteiger partial charge in [0.25, 0.3) is 5.91 Å². The van der Waals surface area contributed by atoms with E-state index in [1.807, 2.05) is 30.3 Å². The number of hydrogen-bond donors (Lipinski definition) is 2. The molecule has 1 aliphatic rings. The summed E-state index contributed by atoms with van der Waals surface area (Å²) in [5.41, 5.74) is 0. The van der Waals surface area contributed by atoms with Crippen molar-refractivity contribution in [2.24, 2.45) is 0 Å². The minimum absolute atomic E-state index is 0.0190. The van der Waals surface area contributed by atoms with E-state index in [2.05, 4.69) is 5.32 Å². The number of phenolic OH excluding ortho intramolecular Hbond substituents is 1. The Bertz CT molecular complexity index is 833. The minimum atomic E-state index is -0.611. The Labute approximate surface area is 183 Å². The molecule has 0 spiro atoms. The number of likely N-dealkylation sites (tertiary alicyclic amines) is 1. The summed E-state index contributed by atoms with van der Waals surface area (Å²) in [6, 6.07) is 15.9. The largest absolute Gasteiger partial charge is 0.508 e. The van der Waals surface area contributed by atoms with E-state index < -0.39 is 6.10 Å². The average Bonchev–Trinajstić information content (AvgIpc) is 2.79. The predicted octanol–water partition coefficient (Wildman–Crippen LogP) is 3.13. The maximum atomic E-state index is 12.6. The number of para-hydroxylation sites is 1. The fourth-order valence-corrected chi connectivity index (χ4v) is 3.52. The molecule has 1 saturated heterocycles. The molecule has 0 aliphatic carbocycles. The molecule has 0 bridgehead atoms. The molecule has 1 fully saturated rings. The van der Waals surface area contributed by atoms with Crippen molar-refractivity contribution >= 4 is 11.8 Å². The van der Waals surface area contributed by atoms with Crippen LogP contribution >= 0.6 is 0 Å². The third kappa shape index (κ3) is 7.20. The van der Waals surface area contributed by atoms with Crippen LogP contribution in [0.1, 0.15) is 32.6 Å². The molecule has 31 heavy (non-hydrogen) atoms. The molecule has 7 nitrogen and oxygen atoms in total. The smallest absolute Gasteiger partial charge is 0.263 e. The van der Waals surface area contributed by atoms with E-state index in [-0.39, 0.29) is 23.6 Å². The molecule has 0 aromatic heterocycles. The van der Waals surface area contributed by atoms with Crippen LogP contribution in [0.15, 0.2) is 54.6 Å². The summed E-state index contributed by atoms with van der Waals surface area (Å²) >= 11 is 0. The van der Waals surface area contributed by atoms with Crippen LogP contribution in [0.5, 0.6) is 17.2 Å². The molecule has 0 saturated carbocycles. The molecule has 1 atom stereocenters. The molecule has 2 N–H and O–H groups in total. The second kappa shape index (κ2) is 11.2. The number of nitrogens with one attached hydrogen (secondary N) is 1. The van der Waals surface area contributed by atoms with Gasteiger partial charge in [-0.25, -0.2) is 0 Å².